The number of para-hydroxylation sites is 1. The highest BCUT2D eigenvalue weighted by Crippen LogP contribution is 2.27. The number of benzene rings is 2. The number of hydrogen-bond acceptors (Lipinski definition) is 3. The van der Waals surface area contributed by atoms with Crippen molar-refractivity contribution in [1.29, 1.82) is 0 Å². The van der Waals surface area contributed by atoms with E-state index in [0.717, 1.165) is 33.4 Å². The van der Waals surface area contributed by atoms with Crippen LogP contribution in [0.25, 0.3) is 0 Å². The summed E-state index contributed by atoms with van der Waals surface area (Å²) in [5.74, 6) is 1.72. The number of thioether (sulfide) groups is 1. The van der Waals surface area contributed by atoms with Crippen LogP contribution in [-0.2, 0) is 6.42 Å². The van der Waals surface area contributed by atoms with E-state index in [1.54, 1.807) is 18.9 Å². The van der Waals surface area contributed by atoms with Gasteiger partial charge in [-0.15, -0.1) is 11.8 Å². The van der Waals surface area contributed by atoms with E-state index in [1.165, 1.54) is 0 Å². The minimum absolute atomic E-state index is 0.0626. The van der Waals surface area contributed by atoms with E-state index in [-0.39, 0.29) is 6.04 Å². The van der Waals surface area contributed by atoms with Gasteiger partial charge in [0, 0.05) is 16.7 Å². The molecule has 0 aliphatic carbocycles. The van der Waals surface area contributed by atoms with Crippen LogP contribution in [0.5, 0.6) is 5.75 Å². The van der Waals surface area contributed by atoms with Gasteiger partial charge in [0.1, 0.15) is 5.75 Å². The fourth-order valence-corrected chi connectivity index (χ4v) is 3.16. The number of methoxy groups -OCH3 is 1. The van der Waals surface area contributed by atoms with Gasteiger partial charge in [-0.3, -0.25) is 0 Å². The molecular weight excluding hydrogens is 290 g/mol. The highest BCUT2D eigenvalue weighted by atomic mass is 35.5. The molecule has 2 aromatic carbocycles. The summed E-state index contributed by atoms with van der Waals surface area (Å²) in [6.45, 7) is 0. The number of rotatable bonds is 6. The smallest absolute Gasteiger partial charge is 0.122 e. The Bertz CT molecular complexity index is 562. The van der Waals surface area contributed by atoms with Crippen molar-refractivity contribution < 1.29 is 4.74 Å². The maximum absolute atomic E-state index is 6.21. The lowest BCUT2D eigenvalue weighted by molar-refractivity contribution is 0.408. The topological polar surface area (TPSA) is 35.2 Å². The summed E-state index contributed by atoms with van der Waals surface area (Å²) in [6.07, 6.45) is 0.793. The van der Waals surface area contributed by atoms with E-state index in [0.29, 0.717) is 0 Å². The second-order valence-corrected chi connectivity index (χ2v) is 5.99. The van der Waals surface area contributed by atoms with Gasteiger partial charge in [0.25, 0.3) is 0 Å². The molecule has 20 heavy (non-hydrogen) atoms. The van der Waals surface area contributed by atoms with E-state index >= 15 is 0 Å². The second-order valence-electron chi connectivity index (χ2n) is 4.52. The number of ether oxygens (including phenoxy) is 1. The molecule has 0 amide bonds. The summed E-state index contributed by atoms with van der Waals surface area (Å²) in [5.41, 5.74) is 7.35. The van der Waals surface area contributed by atoms with E-state index in [9.17, 15) is 0 Å². The zero-order chi connectivity index (χ0) is 14.4. The maximum Gasteiger partial charge on any atom is 0.122 e. The molecule has 106 valence electrons. The molecule has 0 aliphatic rings. The average Bonchev–Trinajstić information content (AvgIpc) is 2.47. The SMILES string of the molecule is COc1ccccc1CC(N)CSc1ccccc1Cl. The lowest BCUT2D eigenvalue weighted by atomic mass is 10.1. The van der Waals surface area contributed by atoms with E-state index in [2.05, 4.69) is 6.07 Å². The zero-order valence-electron chi connectivity index (χ0n) is 11.4. The third kappa shape index (κ3) is 4.17. The van der Waals surface area contributed by atoms with Crippen molar-refractivity contribution in [3.63, 3.8) is 0 Å². The van der Waals surface area contributed by atoms with Gasteiger partial charge in [-0.05, 0) is 30.2 Å². The first-order valence-corrected chi connectivity index (χ1v) is 7.82. The molecule has 0 saturated heterocycles. The van der Waals surface area contributed by atoms with Crippen molar-refractivity contribution in [3.8, 4) is 5.75 Å². The first-order valence-electron chi connectivity index (χ1n) is 6.45. The van der Waals surface area contributed by atoms with Gasteiger partial charge in [0.05, 0.1) is 12.1 Å². The normalized spacial score (nSPS) is 12.2. The van der Waals surface area contributed by atoms with Gasteiger partial charge in [0.15, 0.2) is 0 Å². The fourth-order valence-electron chi connectivity index (χ4n) is 1.97. The Labute approximate surface area is 129 Å². The van der Waals surface area contributed by atoms with Crippen LogP contribution in [0.4, 0.5) is 0 Å². The average molecular weight is 308 g/mol. The Kier molecular flexibility index (Phi) is 5.77. The Balaban J connectivity index is 1.93. The Morgan fingerprint density at radius 3 is 2.60 bits per heavy atom. The predicted molar refractivity (Wildman–Crippen MR) is 86.8 cm³/mol. The summed E-state index contributed by atoms with van der Waals surface area (Å²) < 4.78 is 5.34. The quantitative estimate of drug-likeness (QED) is 0.819. The largest absolute Gasteiger partial charge is 0.496 e. The third-order valence-corrected chi connectivity index (χ3v) is 4.67. The van der Waals surface area contributed by atoms with Crippen LogP contribution in [0.3, 0.4) is 0 Å². The zero-order valence-corrected chi connectivity index (χ0v) is 13.0. The summed E-state index contributed by atoms with van der Waals surface area (Å²) in [7, 11) is 1.68. The highest BCUT2D eigenvalue weighted by Gasteiger charge is 2.10. The van der Waals surface area contributed by atoms with Crippen molar-refractivity contribution in [2.45, 2.75) is 17.4 Å². The molecule has 1 atom stereocenters. The van der Waals surface area contributed by atoms with Gasteiger partial charge in [-0.25, -0.2) is 0 Å². The van der Waals surface area contributed by atoms with Crippen LogP contribution in [-0.4, -0.2) is 18.9 Å². The molecule has 0 saturated carbocycles. The maximum atomic E-state index is 6.21. The number of nitrogens with two attached hydrogens (primary N) is 1. The standard InChI is InChI=1S/C16H18ClNOS/c1-19-15-8-4-2-6-12(15)10-13(18)11-20-16-9-5-3-7-14(16)17/h2-9,13H,10-11,18H2,1H3. The van der Waals surface area contributed by atoms with Crippen LogP contribution in [0.1, 0.15) is 5.56 Å². The van der Waals surface area contributed by atoms with Gasteiger partial charge >= 0.3 is 0 Å². The molecule has 4 heteroatoms. The van der Waals surface area contributed by atoms with Crippen LogP contribution in [0.2, 0.25) is 5.02 Å². The second kappa shape index (κ2) is 7.58. The van der Waals surface area contributed by atoms with Gasteiger partial charge in [-0.1, -0.05) is 41.9 Å². The van der Waals surface area contributed by atoms with E-state index < -0.39 is 0 Å². The van der Waals surface area contributed by atoms with Crippen molar-refractivity contribution in [3.05, 3.63) is 59.1 Å². The first-order chi connectivity index (χ1) is 9.70. The van der Waals surface area contributed by atoms with Crippen LogP contribution in [0.15, 0.2) is 53.4 Å². The minimum Gasteiger partial charge on any atom is -0.496 e. The monoisotopic (exact) mass is 307 g/mol. The van der Waals surface area contributed by atoms with E-state index in [4.69, 9.17) is 22.1 Å². The number of halogens is 1. The van der Waals surface area contributed by atoms with Crippen LogP contribution >= 0.6 is 23.4 Å². The molecular formula is C16H18ClNOS. The molecule has 0 spiro atoms. The van der Waals surface area contributed by atoms with Gasteiger partial charge in [-0.2, -0.15) is 0 Å². The fraction of sp³-hybridized carbons (Fsp3) is 0.250. The van der Waals surface area contributed by atoms with Crippen LogP contribution < -0.4 is 10.5 Å². The van der Waals surface area contributed by atoms with Gasteiger partial charge in [0.2, 0.25) is 0 Å². The molecule has 0 aromatic heterocycles. The summed E-state index contributed by atoms with van der Waals surface area (Å²) in [4.78, 5) is 1.07. The summed E-state index contributed by atoms with van der Waals surface area (Å²) >= 11 is 7.82. The molecule has 0 fully saturated rings. The molecule has 0 heterocycles. The van der Waals surface area contributed by atoms with Crippen molar-refractivity contribution in [2.24, 2.45) is 5.73 Å². The molecule has 2 N–H and O–H groups in total. The first kappa shape index (κ1) is 15.2. The molecule has 0 aliphatic heterocycles. The van der Waals surface area contributed by atoms with Crippen molar-refractivity contribution >= 4 is 23.4 Å². The number of hydrogen-bond donors (Lipinski definition) is 1. The molecule has 0 radical (unpaired) electrons. The van der Waals surface area contributed by atoms with Crippen molar-refractivity contribution in [2.75, 3.05) is 12.9 Å². The minimum atomic E-state index is 0.0626. The third-order valence-electron chi connectivity index (χ3n) is 2.96. The lowest BCUT2D eigenvalue weighted by Gasteiger charge is -2.14. The Morgan fingerprint density at radius 1 is 1.15 bits per heavy atom. The van der Waals surface area contributed by atoms with Crippen molar-refractivity contribution in [1.82, 2.24) is 0 Å². The molecule has 2 nitrogen and oxygen atoms in total. The molecule has 0 bridgehead atoms. The summed E-state index contributed by atoms with van der Waals surface area (Å²) in [6, 6.07) is 15.9. The van der Waals surface area contributed by atoms with Gasteiger partial charge < -0.3 is 10.5 Å². The van der Waals surface area contributed by atoms with E-state index in [1.807, 2.05) is 42.5 Å². The molecule has 2 aromatic rings. The Morgan fingerprint density at radius 2 is 1.85 bits per heavy atom. The van der Waals surface area contributed by atoms with Crippen LogP contribution in [0, 0.1) is 0 Å². The lowest BCUT2D eigenvalue weighted by Crippen LogP contribution is -2.25. The predicted octanol–water partition coefficient (Wildman–Crippen LogP) is 4.01. The summed E-state index contributed by atoms with van der Waals surface area (Å²) in [5, 5.41) is 0.780. The molecule has 1 unspecified atom stereocenters. The molecule has 2 rings (SSSR count). The Hall–Kier alpha value is -1.16. The highest BCUT2D eigenvalue weighted by molar-refractivity contribution is 7.99.